The minimum atomic E-state index is -6.48. The lowest BCUT2D eigenvalue weighted by atomic mass is 9.92. The Labute approximate surface area is 119 Å². The predicted octanol–water partition coefficient (Wildman–Crippen LogP) is 2.70. The first kappa shape index (κ1) is 19.3. The van der Waals surface area contributed by atoms with Gasteiger partial charge in [0.05, 0.1) is 11.5 Å². The number of carbonyl (C=O) groups is 2. The molecule has 0 aliphatic rings. The number of Topliss-reactive ketones (excluding diaryl/α,β-unsaturated/α-hetero) is 1. The standard InChI is InChI=1S/C8H5F8IO3/c1-20-4(19)6(11,8(14,15)16)3(18)7(12,13)5(9,10)2-17/h2H2,1H3. The van der Waals surface area contributed by atoms with Crippen LogP contribution in [0.1, 0.15) is 0 Å². The molecule has 0 aliphatic carbocycles. The Morgan fingerprint density at radius 2 is 1.40 bits per heavy atom. The lowest BCUT2D eigenvalue weighted by molar-refractivity contribution is -0.254. The zero-order chi connectivity index (χ0) is 16.6. The van der Waals surface area contributed by atoms with Crippen molar-refractivity contribution in [3.05, 3.63) is 0 Å². The van der Waals surface area contributed by atoms with Gasteiger partial charge in [0, 0.05) is 0 Å². The van der Waals surface area contributed by atoms with Gasteiger partial charge in [-0.2, -0.15) is 30.7 Å². The highest BCUT2D eigenvalue weighted by Gasteiger charge is 2.77. The molecule has 1 unspecified atom stereocenters. The van der Waals surface area contributed by atoms with E-state index in [1.165, 1.54) is 0 Å². The number of esters is 1. The first-order valence-electron chi connectivity index (χ1n) is 4.40. The maximum atomic E-state index is 13.5. The quantitative estimate of drug-likeness (QED) is 0.223. The van der Waals surface area contributed by atoms with Crippen molar-refractivity contribution in [1.82, 2.24) is 0 Å². The van der Waals surface area contributed by atoms with Gasteiger partial charge in [0.2, 0.25) is 0 Å². The monoisotopic (exact) mass is 428 g/mol. The Morgan fingerprint density at radius 1 is 1.00 bits per heavy atom. The van der Waals surface area contributed by atoms with Gasteiger partial charge in [0.25, 0.3) is 5.78 Å². The van der Waals surface area contributed by atoms with Crippen LogP contribution in [0.15, 0.2) is 0 Å². The van der Waals surface area contributed by atoms with Gasteiger partial charge in [-0.25, -0.2) is 9.18 Å². The fourth-order valence-electron chi connectivity index (χ4n) is 0.944. The van der Waals surface area contributed by atoms with Crippen LogP contribution in [0.3, 0.4) is 0 Å². The number of methoxy groups -OCH3 is 1. The van der Waals surface area contributed by atoms with Crippen molar-refractivity contribution in [3.63, 3.8) is 0 Å². The number of hydrogen-bond acceptors (Lipinski definition) is 3. The number of hydrogen-bond donors (Lipinski definition) is 0. The molecular weight excluding hydrogens is 423 g/mol. The van der Waals surface area contributed by atoms with Crippen LogP contribution in [0.4, 0.5) is 35.1 Å². The number of carbonyl (C=O) groups excluding carboxylic acids is 2. The predicted molar refractivity (Wildman–Crippen MR) is 55.7 cm³/mol. The molecule has 0 aromatic heterocycles. The molecule has 0 N–H and O–H groups in total. The first-order chi connectivity index (χ1) is 8.70. The van der Waals surface area contributed by atoms with E-state index in [2.05, 4.69) is 4.74 Å². The fourth-order valence-corrected chi connectivity index (χ4v) is 1.42. The Bertz CT molecular complexity index is 407. The summed E-state index contributed by atoms with van der Waals surface area (Å²) in [4.78, 5) is 21.6. The van der Waals surface area contributed by atoms with Crippen molar-refractivity contribution in [2.24, 2.45) is 0 Å². The van der Waals surface area contributed by atoms with Crippen molar-refractivity contribution in [3.8, 4) is 0 Å². The van der Waals surface area contributed by atoms with Crippen LogP contribution in [0.2, 0.25) is 0 Å². The van der Waals surface area contributed by atoms with Crippen LogP contribution < -0.4 is 0 Å². The van der Waals surface area contributed by atoms with Crippen molar-refractivity contribution < 1.29 is 49.4 Å². The van der Waals surface area contributed by atoms with E-state index in [1.807, 2.05) is 0 Å². The van der Waals surface area contributed by atoms with E-state index >= 15 is 0 Å². The Kier molecular flexibility index (Phi) is 5.40. The summed E-state index contributed by atoms with van der Waals surface area (Å²) in [5, 5.41) is 0. The third kappa shape index (κ3) is 2.83. The van der Waals surface area contributed by atoms with E-state index in [4.69, 9.17) is 0 Å². The van der Waals surface area contributed by atoms with Gasteiger partial charge in [-0.05, 0) is 0 Å². The second kappa shape index (κ2) is 5.60. The van der Waals surface area contributed by atoms with Crippen LogP contribution in [0, 0.1) is 0 Å². The molecule has 12 heteroatoms. The third-order valence-electron chi connectivity index (χ3n) is 2.08. The second-order valence-corrected chi connectivity index (χ2v) is 4.15. The fraction of sp³-hybridized carbons (Fsp3) is 0.750. The Morgan fingerprint density at radius 3 is 1.65 bits per heavy atom. The minimum Gasteiger partial charge on any atom is -0.466 e. The molecule has 0 rings (SSSR count). The van der Waals surface area contributed by atoms with Crippen molar-refractivity contribution >= 4 is 34.3 Å². The SMILES string of the molecule is COC(=O)C(F)(C(=O)C(F)(F)C(F)(F)CI)C(F)(F)F. The average Bonchev–Trinajstić information content (AvgIpc) is 2.33. The van der Waals surface area contributed by atoms with Crippen molar-refractivity contribution in [2.75, 3.05) is 11.5 Å². The van der Waals surface area contributed by atoms with Gasteiger partial charge >= 0.3 is 29.7 Å². The molecule has 0 heterocycles. The summed E-state index contributed by atoms with van der Waals surface area (Å²) in [7, 11) is 0.171. The van der Waals surface area contributed by atoms with Crippen LogP contribution in [-0.2, 0) is 14.3 Å². The summed E-state index contributed by atoms with van der Waals surface area (Å²) in [6.07, 6.45) is -6.48. The summed E-state index contributed by atoms with van der Waals surface area (Å²) < 4.78 is 104. The highest BCUT2D eigenvalue weighted by atomic mass is 127. The molecule has 0 aliphatic heterocycles. The zero-order valence-electron chi connectivity index (χ0n) is 9.33. The molecule has 0 radical (unpaired) electrons. The molecule has 0 amide bonds. The molecule has 0 saturated carbocycles. The molecule has 1 atom stereocenters. The van der Waals surface area contributed by atoms with Crippen LogP contribution in [-0.4, -0.2) is 47.0 Å². The lowest BCUT2D eigenvalue weighted by Crippen LogP contribution is -2.64. The first-order valence-corrected chi connectivity index (χ1v) is 5.93. The maximum Gasteiger partial charge on any atom is 0.441 e. The number of ketones is 1. The zero-order valence-corrected chi connectivity index (χ0v) is 11.5. The summed E-state index contributed by atoms with van der Waals surface area (Å²) in [6.45, 7) is 0. The van der Waals surface area contributed by atoms with E-state index in [-0.39, 0.29) is 7.11 Å². The second-order valence-electron chi connectivity index (χ2n) is 3.39. The molecule has 118 valence electrons. The molecule has 3 nitrogen and oxygen atoms in total. The summed E-state index contributed by atoms with van der Waals surface area (Å²) in [5.41, 5.74) is -5.89. The van der Waals surface area contributed by atoms with Crippen LogP contribution in [0.25, 0.3) is 0 Å². The van der Waals surface area contributed by atoms with Gasteiger partial charge < -0.3 is 4.74 Å². The summed E-state index contributed by atoms with van der Waals surface area (Å²) in [5.74, 6) is -18.3. The molecule has 0 bridgehead atoms. The number of halogens is 9. The topological polar surface area (TPSA) is 43.4 Å². The molecule has 0 saturated heterocycles. The molecule has 0 spiro atoms. The van der Waals surface area contributed by atoms with Crippen LogP contribution >= 0.6 is 22.6 Å². The molecule has 0 aromatic carbocycles. The maximum absolute atomic E-state index is 13.5. The molecule has 0 fully saturated rings. The van der Waals surface area contributed by atoms with E-state index in [0.29, 0.717) is 22.6 Å². The number of alkyl halides is 9. The highest BCUT2D eigenvalue weighted by molar-refractivity contribution is 14.1. The van der Waals surface area contributed by atoms with E-state index in [9.17, 15) is 44.7 Å². The number of ether oxygens (including phenoxy) is 1. The average molecular weight is 428 g/mol. The van der Waals surface area contributed by atoms with E-state index in [0.717, 1.165) is 0 Å². The number of rotatable bonds is 5. The van der Waals surface area contributed by atoms with Gasteiger partial charge in [0.1, 0.15) is 0 Å². The Hall–Kier alpha value is -0.690. The van der Waals surface area contributed by atoms with Gasteiger partial charge in [0.15, 0.2) is 0 Å². The smallest absolute Gasteiger partial charge is 0.441 e. The van der Waals surface area contributed by atoms with E-state index < -0.39 is 39.9 Å². The van der Waals surface area contributed by atoms with Crippen LogP contribution in [0.5, 0.6) is 0 Å². The largest absolute Gasteiger partial charge is 0.466 e. The third-order valence-corrected chi connectivity index (χ3v) is 3.04. The molecule has 0 aromatic rings. The lowest BCUT2D eigenvalue weighted by Gasteiger charge is -2.30. The highest BCUT2D eigenvalue weighted by Crippen LogP contribution is 2.45. The molecular formula is C8H5F8IO3. The minimum absolute atomic E-state index is 0.171. The van der Waals surface area contributed by atoms with Gasteiger partial charge in [-0.15, -0.1) is 0 Å². The van der Waals surface area contributed by atoms with Crippen molar-refractivity contribution in [1.29, 1.82) is 0 Å². The van der Waals surface area contributed by atoms with Gasteiger partial charge in [-0.1, -0.05) is 22.6 Å². The Balaban J connectivity index is 6.02. The van der Waals surface area contributed by atoms with Crippen molar-refractivity contribution in [2.45, 2.75) is 23.7 Å². The van der Waals surface area contributed by atoms with E-state index in [1.54, 1.807) is 0 Å². The summed E-state index contributed by atoms with van der Waals surface area (Å²) >= 11 is 0.662. The van der Waals surface area contributed by atoms with Gasteiger partial charge in [-0.3, -0.25) is 4.79 Å². The summed E-state index contributed by atoms with van der Waals surface area (Å²) in [6, 6.07) is 0. The normalized spacial score (nSPS) is 16.5. The molecule has 20 heavy (non-hydrogen) atoms.